The van der Waals surface area contributed by atoms with Crippen molar-refractivity contribution in [1.29, 1.82) is 0 Å². The molecule has 254 valence electrons. The summed E-state index contributed by atoms with van der Waals surface area (Å²) in [6.07, 6.45) is 0. The van der Waals surface area contributed by atoms with Crippen molar-refractivity contribution in [2.24, 2.45) is 0 Å². The molecule has 55 heavy (non-hydrogen) atoms. The molecule has 0 bridgehead atoms. The summed E-state index contributed by atoms with van der Waals surface area (Å²) in [6.45, 7) is 16.0. The SMILES string of the molecule is [C-]#[N+]c1ccc2c3ccccc3n(-c3cccc(-c4cc(-n5c6ccccc6c6cccc(-n7c8ccccc8c8ccccc87)c65)ccc4[N+]#[C-])c3)c2c1. The van der Waals surface area contributed by atoms with Gasteiger partial charge in [0.2, 0.25) is 0 Å². The molecule has 0 aliphatic rings. The van der Waals surface area contributed by atoms with Crippen molar-refractivity contribution >= 4 is 76.8 Å². The lowest BCUT2D eigenvalue weighted by Crippen LogP contribution is -2.01. The lowest BCUT2D eigenvalue weighted by molar-refractivity contribution is 1.13. The zero-order valence-electron chi connectivity index (χ0n) is 29.5. The van der Waals surface area contributed by atoms with E-state index in [4.69, 9.17) is 13.1 Å². The van der Waals surface area contributed by atoms with Crippen molar-refractivity contribution < 1.29 is 0 Å². The maximum absolute atomic E-state index is 8.26. The molecule has 0 spiro atoms. The lowest BCUT2D eigenvalue weighted by atomic mass is 10.0. The maximum atomic E-state index is 8.26. The number of nitrogens with zero attached hydrogens (tertiary/aromatic N) is 5. The van der Waals surface area contributed by atoms with Gasteiger partial charge in [0, 0.05) is 49.2 Å². The Morgan fingerprint density at radius 1 is 0.364 bits per heavy atom. The molecule has 0 amide bonds. The van der Waals surface area contributed by atoms with Gasteiger partial charge in [-0.25, -0.2) is 9.69 Å². The largest absolute Gasteiger partial charge is 0.310 e. The molecule has 0 saturated carbocycles. The first kappa shape index (κ1) is 30.7. The molecule has 11 aromatic rings. The van der Waals surface area contributed by atoms with Crippen LogP contribution in [0.4, 0.5) is 11.4 Å². The molecule has 3 aromatic heterocycles. The summed E-state index contributed by atoms with van der Waals surface area (Å²) in [6, 6.07) is 61.3. The summed E-state index contributed by atoms with van der Waals surface area (Å²) in [4.78, 5) is 7.77. The van der Waals surface area contributed by atoms with Gasteiger partial charge in [-0.2, -0.15) is 0 Å². The highest BCUT2D eigenvalue weighted by Crippen LogP contribution is 2.42. The van der Waals surface area contributed by atoms with Crippen LogP contribution in [0.1, 0.15) is 0 Å². The standard InChI is InChI=1S/C50H29N5/c1-51-33-25-27-40-38-17-3-7-20-44(38)53(49(40)30-33)34-14-11-13-32(29-34)42-31-35(26-28-43(42)52-2)54-45-21-8-6-18-39(45)41-19-12-24-48(50(41)54)55-46-22-9-4-15-36(46)37-16-5-10-23-47(37)55/h3-31H. The molecule has 5 heteroatoms. The first-order valence-corrected chi connectivity index (χ1v) is 18.3. The fourth-order valence-electron chi connectivity index (χ4n) is 8.74. The van der Waals surface area contributed by atoms with Crippen molar-refractivity contribution in [3.8, 4) is 28.2 Å². The van der Waals surface area contributed by atoms with Crippen LogP contribution in [0, 0.1) is 13.1 Å². The third-order valence-corrected chi connectivity index (χ3v) is 11.1. The number of benzene rings is 8. The molecule has 0 radical (unpaired) electrons. The number of hydrogen-bond donors (Lipinski definition) is 0. The molecule has 0 atom stereocenters. The van der Waals surface area contributed by atoms with Crippen LogP contribution in [0.15, 0.2) is 176 Å². The van der Waals surface area contributed by atoms with E-state index in [1.165, 1.54) is 16.2 Å². The fourth-order valence-corrected chi connectivity index (χ4v) is 8.74. The third-order valence-electron chi connectivity index (χ3n) is 11.1. The molecule has 3 heterocycles. The predicted molar refractivity (Wildman–Crippen MR) is 227 cm³/mol. The van der Waals surface area contributed by atoms with E-state index in [9.17, 15) is 0 Å². The Morgan fingerprint density at radius 2 is 0.909 bits per heavy atom. The van der Waals surface area contributed by atoms with Crippen LogP contribution in [-0.4, -0.2) is 13.7 Å². The highest BCUT2D eigenvalue weighted by atomic mass is 15.1. The minimum atomic E-state index is 0.585. The first-order chi connectivity index (χ1) is 27.2. The molecule has 8 aromatic carbocycles. The van der Waals surface area contributed by atoms with Crippen LogP contribution in [0.2, 0.25) is 0 Å². The summed E-state index contributed by atoms with van der Waals surface area (Å²) in [5, 5.41) is 7.00. The number of hydrogen-bond acceptors (Lipinski definition) is 0. The smallest absolute Gasteiger partial charge is 0.195 e. The van der Waals surface area contributed by atoms with Crippen LogP contribution in [-0.2, 0) is 0 Å². The number of fused-ring (bicyclic) bond motifs is 9. The van der Waals surface area contributed by atoms with Gasteiger partial charge in [-0.05, 0) is 71.8 Å². The maximum Gasteiger partial charge on any atom is 0.195 e. The van der Waals surface area contributed by atoms with Crippen LogP contribution < -0.4 is 0 Å². The van der Waals surface area contributed by atoms with Crippen molar-refractivity contribution in [2.45, 2.75) is 0 Å². The topological polar surface area (TPSA) is 23.5 Å². The molecule has 0 fully saturated rings. The molecule has 0 aliphatic heterocycles. The summed E-state index contributed by atoms with van der Waals surface area (Å²) in [5.41, 5.74) is 12.6. The third kappa shape index (κ3) is 4.45. The van der Waals surface area contributed by atoms with Crippen molar-refractivity contribution in [1.82, 2.24) is 13.7 Å². The summed E-state index contributed by atoms with van der Waals surface area (Å²) < 4.78 is 6.99. The predicted octanol–water partition coefficient (Wildman–Crippen LogP) is 13.7. The van der Waals surface area contributed by atoms with Crippen LogP contribution in [0.3, 0.4) is 0 Å². The van der Waals surface area contributed by atoms with Crippen LogP contribution in [0.25, 0.3) is 103 Å². The molecule has 0 unspecified atom stereocenters. The highest BCUT2D eigenvalue weighted by molar-refractivity contribution is 6.15. The van der Waals surface area contributed by atoms with Gasteiger partial charge in [-0.1, -0.05) is 115 Å². The number of rotatable bonds is 4. The Labute approximate surface area is 316 Å². The molecule has 11 rings (SSSR count). The molecule has 5 nitrogen and oxygen atoms in total. The van der Waals surface area contributed by atoms with E-state index < -0.39 is 0 Å². The van der Waals surface area contributed by atoms with Crippen LogP contribution in [0.5, 0.6) is 0 Å². The van der Waals surface area contributed by atoms with E-state index in [1.807, 2.05) is 24.3 Å². The molecule has 0 saturated heterocycles. The van der Waals surface area contributed by atoms with E-state index in [1.54, 1.807) is 0 Å². The molecule has 0 N–H and O–H groups in total. The van der Waals surface area contributed by atoms with E-state index in [-0.39, 0.29) is 0 Å². The average molecular weight is 700 g/mol. The van der Waals surface area contributed by atoms with Gasteiger partial charge in [0.05, 0.1) is 46.4 Å². The normalized spacial score (nSPS) is 11.6. The quantitative estimate of drug-likeness (QED) is 0.163. The van der Waals surface area contributed by atoms with Gasteiger partial charge in [-0.3, -0.25) is 0 Å². The van der Waals surface area contributed by atoms with Crippen molar-refractivity contribution in [3.05, 3.63) is 199 Å². The molecular formula is C50H29N5. The van der Waals surface area contributed by atoms with E-state index >= 15 is 0 Å². The Kier molecular flexibility index (Phi) is 6.61. The second-order valence-corrected chi connectivity index (χ2v) is 13.9. The van der Waals surface area contributed by atoms with E-state index in [0.717, 1.165) is 77.4 Å². The Hall–Kier alpha value is -7.86. The average Bonchev–Trinajstić information content (AvgIpc) is 3.89. The minimum absolute atomic E-state index is 0.585. The first-order valence-electron chi connectivity index (χ1n) is 18.3. The van der Waals surface area contributed by atoms with Gasteiger partial charge in [0.25, 0.3) is 0 Å². The second kappa shape index (κ2) is 11.8. The van der Waals surface area contributed by atoms with E-state index in [2.05, 4.69) is 175 Å². The van der Waals surface area contributed by atoms with Crippen LogP contribution >= 0.6 is 0 Å². The summed E-state index contributed by atoms with van der Waals surface area (Å²) >= 11 is 0. The van der Waals surface area contributed by atoms with Gasteiger partial charge in [0.1, 0.15) is 0 Å². The zero-order chi connectivity index (χ0) is 36.6. The van der Waals surface area contributed by atoms with E-state index in [0.29, 0.717) is 11.4 Å². The molecule has 0 aliphatic carbocycles. The summed E-state index contributed by atoms with van der Waals surface area (Å²) in [5.74, 6) is 0. The van der Waals surface area contributed by atoms with Gasteiger partial charge in [0.15, 0.2) is 11.4 Å². The van der Waals surface area contributed by atoms with Gasteiger partial charge in [-0.15, -0.1) is 0 Å². The van der Waals surface area contributed by atoms with Crippen molar-refractivity contribution in [2.75, 3.05) is 0 Å². The Balaban J connectivity index is 1.17. The summed E-state index contributed by atoms with van der Waals surface area (Å²) in [7, 11) is 0. The Bertz CT molecular complexity index is 3420. The van der Waals surface area contributed by atoms with Gasteiger partial charge < -0.3 is 13.7 Å². The van der Waals surface area contributed by atoms with Crippen molar-refractivity contribution in [3.63, 3.8) is 0 Å². The number of para-hydroxylation sites is 5. The van der Waals surface area contributed by atoms with Gasteiger partial charge >= 0.3 is 0 Å². The molecular weight excluding hydrogens is 671 g/mol. The second-order valence-electron chi connectivity index (χ2n) is 13.9. The fraction of sp³-hybridized carbons (Fsp3) is 0. The monoisotopic (exact) mass is 699 g/mol. The highest BCUT2D eigenvalue weighted by Gasteiger charge is 2.21. The Morgan fingerprint density at radius 3 is 1.56 bits per heavy atom. The minimum Gasteiger partial charge on any atom is -0.310 e. The number of aromatic nitrogens is 3. The lowest BCUT2D eigenvalue weighted by Gasteiger charge is -2.16. The zero-order valence-corrected chi connectivity index (χ0v) is 29.5.